The minimum Gasteiger partial charge on any atom is -0.338 e. The summed E-state index contributed by atoms with van der Waals surface area (Å²) in [7, 11) is 0. The van der Waals surface area contributed by atoms with Crippen molar-refractivity contribution in [2.75, 3.05) is 0 Å². The van der Waals surface area contributed by atoms with Gasteiger partial charge in [0.15, 0.2) is 0 Å². The van der Waals surface area contributed by atoms with Gasteiger partial charge in [0.2, 0.25) is 11.7 Å². The lowest BCUT2D eigenvalue weighted by atomic mass is 9.49. The normalized spacial score (nSPS) is 36.0. The molecule has 0 radical (unpaired) electrons. The highest BCUT2D eigenvalue weighted by atomic mass is 35.5. The molecule has 4 saturated carbocycles. The van der Waals surface area contributed by atoms with Gasteiger partial charge in [0, 0.05) is 10.6 Å². The zero-order valence-electron chi connectivity index (χ0n) is 12.5. The standard InChI is InChI=1S/C18H19ClN2O/c19-15-3-1-14(2-4-15)16-20-17(22-21-16)18-8-11-5-12(9-18)7-13(6-11)10-18/h1-4,11-13H,5-10H2. The first-order chi connectivity index (χ1) is 10.7. The number of hydrogen-bond acceptors (Lipinski definition) is 3. The fourth-order valence-electron chi connectivity index (χ4n) is 5.53. The van der Waals surface area contributed by atoms with E-state index in [1.165, 1.54) is 38.5 Å². The van der Waals surface area contributed by atoms with Crippen LogP contribution in [-0.2, 0) is 5.41 Å². The van der Waals surface area contributed by atoms with Gasteiger partial charge in [-0.2, -0.15) is 4.98 Å². The van der Waals surface area contributed by atoms with Crippen molar-refractivity contribution in [3.63, 3.8) is 0 Å². The van der Waals surface area contributed by atoms with E-state index in [4.69, 9.17) is 21.1 Å². The Labute approximate surface area is 135 Å². The number of benzene rings is 1. The molecule has 1 aromatic carbocycles. The van der Waals surface area contributed by atoms with Crippen LogP contribution in [0.5, 0.6) is 0 Å². The monoisotopic (exact) mass is 314 g/mol. The van der Waals surface area contributed by atoms with Gasteiger partial charge >= 0.3 is 0 Å². The van der Waals surface area contributed by atoms with Crippen LogP contribution in [0.25, 0.3) is 11.4 Å². The molecule has 0 aliphatic heterocycles. The molecule has 0 spiro atoms. The third-order valence-corrected chi connectivity index (χ3v) is 6.27. The van der Waals surface area contributed by atoms with Gasteiger partial charge in [-0.15, -0.1) is 0 Å². The average Bonchev–Trinajstić information content (AvgIpc) is 2.97. The summed E-state index contributed by atoms with van der Waals surface area (Å²) < 4.78 is 5.74. The smallest absolute Gasteiger partial charge is 0.233 e. The molecule has 114 valence electrons. The van der Waals surface area contributed by atoms with Gasteiger partial charge in [-0.3, -0.25) is 0 Å². The van der Waals surface area contributed by atoms with E-state index in [9.17, 15) is 0 Å². The van der Waals surface area contributed by atoms with Crippen molar-refractivity contribution in [1.82, 2.24) is 10.1 Å². The van der Waals surface area contributed by atoms with Crippen LogP contribution in [0.4, 0.5) is 0 Å². The van der Waals surface area contributed by atoms with E-state index < -0.39 is 0 Å². The molecule has 0 amide bonds. The minimum absolute atomic E-state index is 0.173. The van der Waals surface area contributed by atoms with Crippen molar-refractivity contribution in [1.29, 1.82) is 0 Å². The highest BCUT2D eigenvalue weighted by molar-refractivity contribution is 6.30. The summed E-state index contributed by atoms with van der Waals surface area (Å²) in [5.41, 5.74) is 1.15. The Morgan fingerprint density at radius 2 is 1.55 bits per heavy atom. The zero-order valence-corrected chi connectivity index (χ0v) is 13.2. The number of hydrogen-bond donors (Lipinski definition) is 0. The second-order valence-corrected chi connectivity index (χ2v) is 8.06. The predicted octanol–water partition coefficient (Wildman–Crippen LogP) is 4.86. The molecular weight excluding hydrogens is 296 g/mol. The van der Waals surface area contributed by atoms with E-state index in [2.05, 4.69) is 5.16 Å². The molecule has 0 atom stereocenters. The third kappa shape index (κ3) is 1.95. The van der Waals surface area contributed by atoms with Crippen LogP contribution in [0.1, 0.15) is 44.4 Å². The van der Waals surface area contributed by atoms with Crippen LogP contribution >= 0.6 is 11.6 Å². The van der Waals surface area contributed by atoms with Crippen LogP contribution in [0.15, 0.2) is 28.8 Å². The minimum atomic E-state index is 0.173. The van der Waals surface area contributed by atoms with Crippen LogP contribution < -0.4 is 0 Å². The van der Waals surface area contributed by atoms with E-state index >= 15 is 0 Å². The van der Waals surface area contributed by atoms with Crippen LogP contribution in [0.3, 0.4) is 0 Å². The van der Waals surface area contributed by atoms with Gasteiger partial charge in [-0.1, -0.05) is 16.8 Å². The topological polar surface area (TPSA) is 38.9 Å². The second kappa shape index (κ2) is 4.58. The van der Waals surface area contributed by atoms with Crippen molar-refractivity contribution in [3.05, 3.63) is 35.2 Å². The first kappa shape index (κ1) is 13.1. The molecule has 0 saturated heterocycles. The quantitative estimate of drug-likeness (QED) is 0.794. The molecule has 4 bridgehead atoms. The Morgan fingerprint density at radius 1 is 0.955 bits per heavy atom. The first-order valence-corrected chi connectivity index (χ1v) is 8.68. The summed E-state index contributed by atoms with van der Waals surface area (Å²) in [6.45, 7) is 0. The lowest BCUT2D eigenvalue weighted by Crippen LogP contribution is -2.48. The maximum absolute atomic E-state index is 5.95. The largest absolute Gasteiger partial charge is 0.338 e. The molecule has 6 rings (SSSR count). The summed E-state index contributed by atoms with van der Waals surface area (Å²) >= 11 is 5.95. The Morgan fingerprint density at radius 3 is 2.14 bits per heavy atom. The summed E-state index contributed by atoms with van der Waals surface area (Å²) in [5, 5.41) is 4.97. The Kier molecular flexibility index (Phi) is 2.73. The Balaban J connectivity index is 1.50. The maximum atomic E-state index is 5.95. The van der Waals surface area contributed by atoms with Crippen LogP contribution in [-0.4, -0.2) is 10.1 Å². The van der Waals surface area contributed by atoms with Gasteiger partial charge in [0.05, 0.1) is 5.41 Å². The van der Waals surface area contributed by atoms with E-state index in [0.717, 1.165) is 34.2 Å². The molecule has 1 aromatic heterocycles. The molecule has 22 heavy (non-hydrogen) atoms. The molecule has 4 aliphatic rings. The van der Waals surface area contributed by atoms with Gasteiger partial charge in [-0.05, 0) is 80.5 Å². The van der Waals surface area contributed by atoms with E-state index in [1.807, 2.05) is 24.3 Å². The summed E-state index contributed by atoms with van der Waals surface area (Å²) in [5.74, 6) is 4.24. The van der Waals surface area contributed by atoms with Gasteiger partial charge in [0.1, 0.15) is 0 Å². The SMILES string of the molecule is Clc1ccc(-c2noc(C34CC5CC(CC(C5)C3)C4)n2)cc1. The van der Waals surface area contributed by atoms with E-state index in [0.29, 0.717) is 5.82 Å². The predicted molar refractivity (Wildman–Crippen MR) is 84.6 cm³/mol. The molecule has 4 aliphatic carbocycles. The van der Waals surface area contributed by atoms with Crippen molar-refractivity contribution in [2.24, 2.45) is 17.8 Å². The third-order valence-electron chi connectivity index (χ3n) is 6.02. The second-order valence-electron chi connectivity index (χ2n) is 7.63. The van der Waals surface area contributed by atoms with Crippen molar-refractivity contribution >= 4 is 11.6 Å². The molecule has 4 fully saturated rings. The molecule has 3 nitrogen and oxygen atoms in total. The molecule has 2 aromatic rings. The fraction of sp³-hybridized carbons (Fsp3) is 0.556. The molecule has 0 unspecified atom stereocenters. The zero-order chi connectivity index (χ0) is 14.7. The van der Waals surface area contributed by atoms with Crippen LogP contribution in [0, 0.1) is 17.8 Å². The maximum Gasteiger partial charge on any atom is 0.233 e. The van der Waals surface area contributed by atoms with E-state index in [1.54, 1.807) is 0 Å². The summed E-state index contributed by atoms with van der Waals surface area (Å²) in [6.07, 6.45) is 8.04. The highest BCUT2D eigenvalue weighted by Gasteiger charge is 2.54. The first-order valence-electron chi connectivity index (χ1n) is 8.30. The van der Waals surface area contributed by atoms with Crippen molar-refractivity contribution < 1.29 is 4.52 Å². The molecule has 0 N–H and O–H groups in total. The van der Waals surface area contributed by atoms with Crippen LogP contribution in [0.2, 0.25) is 5.02 Å². The number of aromatic nitrogens is 2. The van der Waals surface area contributed by atoms with E-state index in [-0.39, 0.29) is 5.41 Å². The number of nitrogens with zero attached hydrogens (tertiary/aromatic N) is 2. The molecular formula is C18H19ClN2O. The fourth-order valence-corrected chi connectivity index (χ4v) is 5.65. The highest BCUT2D eigenvalue weighted by Crippen LogP contribution is 2.60. The number of halogens is 1. The van der Waals surface area contributed by atoms with Gasteiger partial charge in [-0.25, -0.2) is 0 Å². The Hall–Kier alpha value is -1.35. The van der Waals surface area contributed by atoms with Crippen molar-refractivity contribution in [3.8, 4) is 11.4 Å². The molecule has 1 heterocycles. The molecule has 4 heteroatoms. The van der Waals surface area contributed by atoms with Crippen molar-refractivity contribution in [2.45, 2.75) is 43.9 Å². The summed E-state index contributed by atoms with van der Waals surface area (Å²) in [6, 6.07) is 7.66. The summed E-state index contributed by atoms with van der Waals surface area (Å²) in [4.78, 5) is 4.78. The lowest BCUT2D eigenvalue weighted by Gasteiger charge is -2.55. The van der Waals surface area contributed by atoms with Gasteiger partial charge < -0.3 is 4.52 Å². The lowest BCUT2D eigenvalue weighted by molar-refractivity contribution is -0.0201. The Bertz CT molecular complexity index is 671. The average molecular weight is 315 g/mol. The van der Waals surface area contributed by atoms with Gasteiger partial charge in [0.25, 0.3) is 0 Å². The number of rotatable bonds is 2.